The van der Waals surface area contributed by atoms with Crippen LogP contribution in [0.3, 0.4) is 0 Å². The molecule has 2 aromatic carbocycles. The first-order chi connectivity index (χ1) is 18.3. The molecule has 38 heavy (non-hydrogen) atoms. The minimum atomic E-state index is -3.92. The van der Waals surface area contributed by atoms with E-state index in [1.165, 1.54) is 18.2 Å². The van der Waals surface area contributed by atoms with E-state index in [2.05, 4.69) is 30.0 Å². The summed E-state index contributed by atoms with van der Waals surface area (Å²) in [5.74, 6) is 0.554. The van der Waals surface area contributed by atoms with Crippen molar-refractivity contribution in [1.82, 2.24) is 24.6 Å². The van der Waals surface area contributed by atoms with Crippen LogP contribution in [0.5, 0.6) is 0 Å². The highest BCUT2D eigenvalue weighted by molar-refractivity contribution is 7.92. The van der Waals surface area contributed by atoms with Crippen LogP contribution in [-0.2, 0) is 21.8 Å². The molecule has 0 radical (unpaired) electrons. The van der Waals surface area contributed by atoms with Crippen LogP contribution in [0.4, 0.5) is 11.6 Å². The Balaban J connectivity index is 1.27. The number of morpholine rings is 1. The van der Waals surface area contributed by atoms with Gasteiger partial charge in [-0.25, -0.2) is 18.1 Å². The summed E-state index contributed by atoms with van der Waals surface area (Å²) >= 11 is 12.1. The molecule has 200 valence electrons. The predicted molar refractivity (Wildman–Crippen MR) is 149 cm³/mol. The molecule has 0 atom stereocenters. The highest BCUT2D eigenvalue weighted by Gasteiger charge is 2.20. The first-order valence-corrected chi connectivity index (χ1v) is 14.4. The number of ether oxygens (including phenoxy) is 1. The zero-order chi connectivity index (χ0) is 26.7. The molecular formula is C25H27Cl2N7O3S. The van der Waals surface area contributed by atoms with Crippen molar-refractivity contribution in [2.75, 3.05) is 49.4 Å². The lowest BCUT2D eigenvalue weighted by atomic mass is 10.1. The predicted octanol–water partition coefficient (Wildman–Crippen LogP) is 4.27. The molecule has 2 aromatic heterocycles. The van der Waals surface area contributed by atoms with E-state index in [9.17, 15) is 8.42 Å². The Morgan fingerprint density at radius 2 is 1.84 bits per heavy atom. The Morgan fingerprint density at radius 1 is 1.08 bits per heavy atom. The topological polar surface area (TPSA) is 114 Å². The van der Waals surface area contributed by atoms with Crippen LogP contribution in [0.2, 0.25) is 10.0 Å². The molecule has 4 aromatic rings. The summed E-state index contributed by atoms with van der Waals surface area (Å²) in [5.41, 5.74) is 2.58. The van der Waals surface area contributed by atoms with Gasteiger partial charge in [-0.1, -0.05) is 41.4 Å². The Morgan fingerprint density at radius 3 is 2.61 bits per heavy atom. The van der Waals surface area contributed by atoms with E-state index in [4.69, 9.17) is 27.9 Å². The van der Waals surface area contributed by atoms with Crippen LogP contribution in [0.25, 0.3) is 22.3 Å². The van der Waals surface area contributed by atoms with Gasteiger partial charge in [-0.15, -0.1) is 0 Å². The number of halogens is 2. The molecule has 3 heterocycles. The third-order valence-corrected chi connectivity index (χ3v) is 8.59. The van der Waals surface area contributed by atoms with Crippen molar-refractivity contribution in [3.05, 3.63) is 58.7 Å². The molecule has 0 bridgehead atoms. The Labute approximate surface area is 231 Å². The van der Waals surface area contributed by atoms with Crippen LogP contribution in [0.1, 0.15) is 6.42 Å². The molecule has 1 saturated heterocycles. The second kappa shape index (κ2) is 11.4. The first kappa shape index (κ1) is 26.6. The van der Waals surface area contributed by atoms with Crippen molar-refractivity contribution in [2.24, 2.45) is 7.05 Å². The second-order valence-electron chi connectivity index (χ2n) is 8.87. The maximum atomic E-state index is 12.8. The highest BCUT2D eigenvalue weighted by atomic mass is 35.5. The van der Waals surface area contributed by atoms with Crippen LogP contribution in [0.15, 0.2) is 53.6 Å². The monoisotopic (exact) mass is 575 g/mol. The molecule has 2 N–H and O–H groups in total. The van der Waals surface area contributed by atoms with E-state index in [1.54, 1.807) is 35.1 Å². The SMILES string of the molecule is Cn1nc(-c2ccc(NS(=O)(=O)c3cccc(Cl)c3Cl)cc2)c2cnc(NCCCN3CCOCC3)nc21. The van der Waals surface area contributed by atoms with E-state index in [-0.39, 0.29) is 14.9 Å². The van der Waals surface area contributed by atoms with Gasteiger partial charge < -0.3 is 10.1 Å². The number of benzene rings is 2. The number of anilines is 2. The minimum absolute atomic E-state index is 0.0239. The van der Waals surface area contributed by atoms with Gasteiger partial charge in [0.15, 0.2) is 5.65 Å². The normalized spacial score (nSPS) is 14.6. The smallest absolute Gasteiger partial charge is 0.263 e. The molecule has 13 heteroatoms. The van der Waals surface area contributed by atoms with Gasteiger partial charge in [0.1, 0.15) is 10.6 Å². The number of hydrogen-bond acceptors (Lipinski definition) is 8. The lowest BCUT2D eigenvalue weighted by Crippen LogP contribution is -2.37. The van der Waals surface area contributed by atoms with Gasteiger partial charge in [-0.3, -0.25) is 9.62 Å². The first-order valence-electron chi connectivity index (χ1n) is 12.1. The molecule has 0 spiro atoms. The number of aryl methyl sites for hydroxylation is 1. The zero-order valence-electron chi connectivity index (χ0n) is 20.7. The Bertz CT molecular complexity index is 1540. The number of nitrogens with zero attached hydrogens (tertiary/aromatic N) is 5. The summed E-state index contributed by atoms with van der Waals surface area (Å²) in [6.07, 6.45) is 2.74. The van der Waals surface area contributed by atoms with Gasteiger partial charge in [-0.05, 0) is 37.2 Å². The summed E-state index contributed by atoms with van der Waals surface area (Å²) in [4.78, 5) is 11.4. The lowest BCUT2D eigenvalue weighted by molar-refractivity contribution is 0.0378. The van der Waals surface area contributed by atoms with Crippen LogP contribution >= 0.6 is 23.2 Å². The summed E-state index contributed by atoms with van der Waals surface area (Å²) < 4.78 is 35.3. The molecule has 1 aliphatic heterocycles. The van der Waals surface area contributed by atoms with E-state index in [0.29, 0.717) is 23.0 Å². The average molecular weight is 577 g/mol. The van der Waals surface area contributed by atoms with Crippen molar-refractivity contribution in [3.63, 3.8) is 0 Å². The lowest BCUT2D eigenvalue weighted by Gasteiger charge is -2.26. The molecule has 1 aliphatic rings. The van der Waals surface area contributed by atoms with Crippen molar-refractivity contribution in [3.8, 4) is 11.3 Å². The number of sulfonamides is 1. The fraction of sp³-hybridized carbons (Fsp3) is 0.320. The van der Waals surface area contributed by atoms with Crippen LogP contribution in [-0.4, -0.2) is 72.5 Å². The van der Waals surface area contributed by atoms with E-state index >= 15 is 0 Å². The van der Waals surface area contributed by atoms with Crippen molar-refractivity contribution in [2.45, 2.75) is 11.3 Å². The molecule has 10 nitrogen and oxygen atoms in total. The van der Waals surface area contributed by atoms with Crippen molar-refractivity contribution in [1.29, 1.82) is 0 Å². The standard InChI is InChI=1S/C25H27Cl2N7O3S/c1-33-24-19(16-29-25(30-24)28-10-3-11-34-12-14-37-15-13-34)23(31-33)17-6-8-18(9-7-17)32-38(35,36)21-5-2-4-20(26)22(21)27/h2,4-9,16,32H,3,10-15H2,1H3,(H,28,29,30). The van der Waals surface area contributed by atoms with Crippen molar-refractivity contribution < 1.29 is 13.2 Å². The molecule has 1 fully saturated rings. The van der Waals surface area contributed by atoms with Gasteiger partial charge in [0, 0.05) is 44.1 Å². The Hall–Kier alpha value is -2.96. The quantitative estimate of drug-likeness (QED) is 0.284. The second-order valence-corrected chi connectivity index (χ2v) is 11.3. The molecular weight excluding hydrogens is 549 g/mol. The Kier molecular flexibility index (Phi) is 8.01. The maximum absolute atomic E-state index is 12.8. The average Bonchev–Trinajstić information content (AvgIpc) is 3.24. The van der Waals surface area contributed by atoms with Gasteiger partial charge in [-0.2, -0.15) is 10.1 Å². The number of aromatic nitrogens is 4. The maximum Gasteiger partial charge on any atom is 0.263 e. The number of hydrogen-bond donors (Lipinski definition) is 2. The molecule has 0 amide bonds. The zero-order valence-corrected chi connectivity index (χ0v) is 23.0. The fourth-order valence-corrected chi connectivity index (χ4v) is 6.08. The third kappa shape index (κ3) is 5.87. The largest absolute Gasteiger partial charge is 0.379 e. The summed E-state index contributed by atoms with van der Waals surface area (Å²) in [5, 5.41) is 8.87. The van der Waals surface area contributed by atoms with Gasteiger partial charge in [0.05, 0.1) is 28.6 Å². The number of nitrogens with one attached hydrogen (secondary N) is 2. The van der Waals surface area contributed by atoms with E-state index in [0.717, 1.165) is 56.8 Å². The summed E-state index contributed by atoms with van der Waals surface area (Å²) in [6, 6.07) is 11.4. The van der Waals surface area contributed by atoms with Gasteiger partial charge in [0.2, 0.25) is 5.95 Å². The molecule has 0 aliphatic carbocycles. The number of fused-ring (bicyclic) bond motifs is 1. The third-order valence-electron chi connectivity index (χ3n) is 6.23. The summed E-state index contributed by atoms with van der Waals surface area (Å²) in [6.45, 7) is 5.32. The highest BCUT2D eigenvalue weighted by Crippen LogP contribution is 2.31. The fourth-order valence-electron chi connectivity index (χ4n) is 4.26. The molecule has 5 rings (SSSR count). The molecule has 0 unspecified atom stereocenters. The van der Waals surface area contributed by atoms with Crippen molar-refractivity contribution >= 4 is 55.9 Å². The van der Waals surface area contributed by atoms with E-state index < -0.39 is 10.0 Å². The minimum Gasteiger partial charge on any atom is -0.379 e. The molecule has 0 saturated carbocycles. The number of rotatable bonds is 9. The van der Waals surface area contributed by atoms with Gasteiger partial charge >= 0.3 is 0 Å². The van der Waals surface area contributed by atoms with E-state index in [1.807, 2.05) is 7.05 Å². The van der Waals surface area contributed by atoms with Crippen LogP contribution in [0, 0.1) is 0 Å². The summed E-state index contributed by atoms with van der Waals surface area (Å²) in [7, 11) is -2.09. The van der Waals surface area contributed by atoms with Crippen LogP contribution < -0.4 is 10.0 Å². The van der Waals surface area contributed by atoms with Gasteiger partial charge in [0.25, 0.3) is 10.0 Å².